The molecule has 4 aliphatic carbocycles. The highest BCUT2D eigenvalue weighted by Crippen LogP contribution is 2.67. The molecule has 0 radical (unpaired) electrons. The van der Waals surface area contributed by atoms with Crippen molar-refractivity contribution >= 4 is 11.8 Å². The molecule has 4 fully saturated rings. The fourth-order valence-corrected chi connectivity index (χ4v) is 8.95. The molecule has 0 aromatic rings. The van der Waals surface area contributed by atoms with E-state index < -0.39 is 0 Å². The van der Waals surface area contributed by atoms with Crippen molar-refractivity contribution in [1.82, 2.24) is 0 Å². The molecule has 5 rings (SSSR count). The number of ether oxygens (including phenoxy) is 1. The van der Waals surface area contributed by atoms with Crippen molar-refractivity contribution in [2.75, 3.05) is 0 Å². The van der Waals surface area contributed by atoms with Crippen LogP contribution in [0.1, 0.15) is 91.9 Å². The van der Waals surface area contributed by atoms with E-state index in [2.05, 4.69) is 20.8 Å². The summed E-state index contributed by atoms with van der Waals surface area (Å²) in [6.07, 6.45) is 13.6. The zero-order valence-corrected chi connectivity index (χ0v) is 19.4. The highest BCUT2D eigenvalue weighted by molar-refractivity contribution is 5.91. The average Bonchev–Trinajstić information content (AvgIpc) is 3.07. The van der Waals surface area contributed by atoms with Gasteiger partial charge in [-0.3, -0.25) is 9.59 Å². The van der Waals surface area contributed by atoms with Crippen molar-refractivity contribution in [3.05, 3.63) is 11.6 Å². The molecule has 0 spiro atoms. The fourth-order valence-electron chi connectivity index (χ4n) is 8.95. The first-order valence-corrected chi connectivity index (χ1v) is 12.7. The van der Waals surface area contributed by atoms with Crippen LogP contribution in [0.25, 0.3) is 0 Å². The Kier molecular flexibility index (Phi) is 4.99. The van der Waals surface area contributed by atoms with Crippen LogP contribution in [0.2, 0.25) is 0 Å². The smallest absolute Gasteiger partial charge is 0.308 e. The first-order valence-electron chi connectivity index (χ1n) is 12.7. The highest BCUT2D eigenvalue weighted by Gasteiger charge is 2.60. The summed E-state index contributed by atoms with van der Waals surface area (Å²) in [5.74, 6) is 3.96. The van der Waals surface area contributed by atoms with Gasteiger partial charge < -0.3 is 4.74 Å². The van der Waals surface area contributed by atoms with Crippen LogP contribution in [-0.4, -0.2) is 17.9 Å². The molecule has 3 saturated carbocycles. The van der Waals surface area contributed by atoms with Crippen molar-refractivity contribution in [3.63, 3.8) is 0 Å². The number of carbonyl (C=O) groups excluding carboxylic acids is 2. The van der Waals surface area contributed by atoms with E-state index in [0.29, 0.717) is 23.0 Å². The Hall–Kier alpha value is -1.12. The minimum Gasteiger partial charge on any atom is -0.462 e. The number of ketones is 1. The van der Waals surface area contributed by atoms with Crippen LogP contribution in [0.3, 0.4) is 0 Å². The normalized spacial score (nSPS) is 49.4. The van der Waals surface area contributed by atoms with E-state index in [1.807, 2.05) is 13.0 Å². The molecule has 0 aromatic carbocycles. The van der Waals surface area contributed by atoms with Crippen molar-refractivity contribution in [3.8, 4) is 0 Å². The third kappa shape index (κ3) is 2.97. The summed E-state index contributed by atoms with van der Waals surface area (Å²) in [5, 5.41) is 0. The minimum absolute atomic E-state index is 0.0212. The molecule has 9 atom stereocenters. The standard InChI is InChI=1S/C27H40O3/c1-16-5-10-24(30-25(16)29)17(2)21-8-9-22-20-7-6-18-15-19(28)11-13-26(18,3)23(20)12-14-27(21,22)4/h15-17,20-24H,5-14H2,1-4H3/t16?,17-,20?,21?,22?,23?,24?,26-,27+/m0/s1. The van der Waals surface area contributed by atoms with Crippen molar-refractivity contribution < 1.29 is 14.3 Å². The van der Waals surface area contributed by atoms with Crippen LogP contribution in [0.15, 0.2) is 11.6 Å². The molecule has 0 N–H and O–H groups in total. The Morgan fingerprint density at radius 1 is 0.967 bits per heavy atom. The van der Waals surface area contributed by atoms with E-state index in [4.69, 9.17) is 4.74 Å². The number of allylic oxidation sites excluding steroid dienone is 1. The van der Waals surface area contributed by atoms with E-state index in [1.165, 1.54) is 37.7 Å². The second-order valence-electron chi connectivity index (χ2n) is 12.0. The van der Waals surface area contributed by atoms with Gasteiger partial charge in [0.15, 0.2) is 5.78 Å². The maximum atomic E-state index is 12.2. The summed E-state index contributed by atoms with van der Waals surface area (Å²) in [6, 6.07) is 0. The van der Waals surface area contributed by atoms with Crippen LogP contribution in [-0.2, 0) is 14.3 Å². The van der Waals surface area contributed by atoms with Gasteiger partial charge in [0.05, 0.1) is 5.92 Å². The molecular weight excluding hydrogens is 372 g/mol. The molecule has 0 aromatic heterocycles. The summed E-state index contributed by atoms with van der Waals surface area (Å²) in [5.41, 5.74) is 2.12. The van der Waals surface area contributed by atoms with E-state index in [0.717, 1.165) is 49.9 Å². The van der Waals surface area contributed by atoms with Gasteiger partial charge >= 0.3 is 5.97 Å². The van der Waals surface area contributed by atoms with Crippen LogP contribution < -0.4 is 0 Å². The van der Waals surface area contributed by atoms with Gasteiger partial charge in [0.25, 0.3) is 0 Å². The molecule has 166 valence electrons. The molecule has 1 saturated heterocycles. The summed E-state index contributed by atoms with van der Waals surface area (Å²) < 4.78 is 5.92. The van der Waals surface area contributed by atoms with Crippen molar-refractivity contribution in [2.45, 2.75) is 98.0 Å². The topological polar surface area (TPSA) is 43.4 Å². The lowest BCUT2D eigenvalue weighted by Gasteiger charge is -2.58. The molecule has 3 nitrogen and oxygen atoms in total. The predicted octanol–water partition coefficient (Wildman–Crippen LogP) is 6.11. The van der Waals surface area contributed by atoms with Gasteiger partial charge in [0, 0.05) is 6.42 Å². The molecular formula is C27H40O3. The summed E-state index contributed by atoms with van der Waals surface area (Å²) in [7, 11) is 0. The van der Waals surface area contributed by atoms with Crippen molar-refractivity contribution in [2.24, 2.45) is 46.3 Å². The van der Waals surface area contributed by atoms with Crippen LogP contribution in [0.5, 0.6) is 0 Å². The Balaban J connectivity index is 1.36. The van der Waals surface area contributed by atoms with Gasteiger partial charge in [-0.2, -0.15) is 0 Å². The summed E-state index contributed by atoms with van der Waals surface area (Å²) >= 11 is 0. The molecule has 0 amide bonds. The van der Waals surface area contributed by atoms with E-state index >= 15 is 0 Å². The van der Waals surface area contributed by atoms with Crippen molar-refractivity contribution in [1.29, 1.82) is 0 Å². The molecule has 6 unspecified atom stereocenters. The minimum atomic E-state index is 0.0212. The van der Waals surface area contributed by atoms with Gasteiger partial charge in [-0.05, 0) is 104 Å². The monoisotopic (exact) mass is 412 g/mol. The van der Waals surface area contributed by atoms with Gasteiger partial charge in [-0.15, -0.1) is 0 Å². The maximum absolute atomic E-state index is 12.2. The molecule has 30 heavy (non-hydrogen) atoms. The van der Waals surface area contributed by atoms with Gasteiger partial charge in [0.1, 0.15) is 6.10 Å². The number of fused-ring (bicyclic) bond motifs is 5. The lowest BCUT2D eigenvalue weighted by molar-refractivity contribution is -0.166. The van der Waals surface area contributed by atoms with E-state index in [9.17, 15) is 9.59 Å². The number of esters is 1. The number of hydrogen-bond donors (Lipinski definition) is 0. The Morgan fingerprint density at radius 2 is 1.77 bits per heavy atom. The van der Waals surface area contributed by atoms with Crippen LogP contribution in [0, 0.1) is 46.3 Å². The van der Waals surface area contributed by atoms with E-state index in [-0.39, 0.29) is 23.4 Å². The second-order valence-corrected chi connectivity index (χ2v) is 12.0. The molecule has 5 aliphatic rings. The predicted molar refractivity (Wildman–Crippen MR) is 118 cm³/mol. The molecule has 1 heterocycles. The average molecular weight is 413 g/mol. The van der Waals surface area contributed by atoms with Crippen LogP contribution >= 0.6 is 0 Å². The number of rotatable bonds is 2. The summed E-state index contributed by atoms with van der Waals surface area (Å²) in [4.78, 5) is 24.3. The Morgan fingerprint density at radius 3 is 2.53 bits per heavy atom. The number of carbonyl (C=O) groups is 2. The highest BCUT2D eigenvalue weighted by atomic mass is 16.5. The third-order valence-electron chi connectivity index (χ3n) is 10.8. The van der Waals surface area contributed by atoms with Gasteiger partial charge in [-0.1, -0.05) is 33.3 Å². The first kappa shape index (κ1) is 20.8. The van der Waals surface area contributed by atoms with Gasteiger partial charge in [-0.25, -0.2) is 0 Å². The zero-order valence-electron chi connectivity index (χ0n) is 19.4. The van der Waals surface area contributed by atoms with Crippen LogP contribution in [0.4, 0.5) is 0 Å². The second kappa shape index (κ2) is 7.20. The zero-order chi connectivity index (χ0) is 21.3. The summed E-state index contributed by atoms with van der Waals surface area (Å²) in [6.45, 7) is 9.42. The van der Waals surface area contributed by atoms with Gasteiger partial charge in [0.2, 0.25) is 0 Å². The molecule has 0 bridgehead atoms. The first-order chi connectivity index (χ1) is 14.2. The lowest BCUT2D eigenvalue weighted by Crippen LogP contribution is -2.51. The number of hydrogen-bond acceptors (Lipinski definition) is 3. The maximum Gasteiger partial charge on any atom is 0.308 e. The Bertz CT molecular complexity index is 768. The third-order valence-corrected chi connectivity index (χ3v) is 10.8. The Labute approximate surface area is 182 Å². The quantitative estimate of drug-likeness (QED) is 0.514. The number of cyclic esters (lactones) is 1. The largest absolute Gasteiger partial charge is 0.462 e. The SMILES string of the molecule is CC1CCC([C@@H](C)C2CCC3C4CCC5=CC(=O)CC[C@]5(C)C4CC[C@@]32C)OC1=O. The molecule has 1 aliphatic heterocycles. The lowest BCUT2D eigenvalue weighted by atomic mass is 9.46. The molecule has 3 heteroatoms. The fraction of sp³-hybridized carbons (Fsp3) is 0.852. The van der Waals surface area contributed by atoms with E-state index in [1.54, 1.807) is 0 Å².